The topological polar surface area (TPSA) is 122 Å². The molecule has 3 aromatic rings. The first-order valence-corrected chi connectivity index (χ1v) is 11.6. The van der Waals surface area contributed by atoms with E-state index in [0.717, 1.165) is 31.4 Å². The summed E-state index contributed by atoms with van der Waals surface area (Å²) in [6, 6.07) is 3.67. The molecule has 0 saturated heterocycles. The zero-order valence-electron chi connectivity index (χ0n) is 18.8. The van der Waals surface area contributed by atoms with Crippen molar-refractivity contribution in [2.24, 2.45) is 0 Å². The number of ketones is 1. The quantitative estimate of drug-likeness (QED) is 0.478. The number of aromatic nitrogens is 4. The fourth-order valence-electron chi connectivity index (χ4n) is 4.55. The maximum absolute atomic E-state index is 14.5. The Morgan fingerprint density at radius 1 is 1.00 bits per heavy atom. The van der Waals surface area contributed by atoms with Gasteiger partial charge < -0.3 is 20.5 Å². The molecule has 178 valence electrons. The highest BCUT2D eigenvalue weighted by Gasteiger charge is 2.23. The number of nitrogens with one attached hydrogen (secondary N) is 2. The first-order valence-electron chi connectivity index (χ1n) is 11.6. The highest BCUT2D eigenvalue weighted by atomic mass is 19.1. The molecule has 1 aromatic carbocycles. The van der Waals surface area contributed by atoms with Gasteiger partial charge in [-0.05, 0) is 37.8 Å². The third-order valence-corrected chi connectivity index (χ3v) is 6.43. The summed E-state index contributed by atoms with van der Waals surface area (Å²) < 4.78 is 19.8. The number of carbonyl (C=O) groups is 1. The Bertz CT molecular complexity index is 1200. The second-order valence-electron chi connectivity index (χ2n) is 8.84. The monoisotopic (exact) mass is 466 g/mol. The third kappa shape index (κ3) is 5.03. The van der Waals surface area contributed by atoms with Crippen LogP contribution in [0.15, 0.2) is 24.5 Å². The largest absolute Gasteiger partial charge is 0.468 e. The third-order valence-electron chi connectivity index (χ3n) is 6.43. The Kier molecular flexibility index (Phi) is 6.70. The highest BCUT2D eigenvalue weighted by Crippen LogP contribution is 2.23. The van der Waals surface area contributed by atoms with E-state index >= 15 is 0 Å². The molecule has 1 aliphatic heterocycles. The summed E-state index contributed by atoms with van der Waals surface area (Å²) in [5.74, 6) is 0.149. The maximum atomic E-state index is 14.5. The van der Waals surface area contributed by atoms with Gasteiger partial charge in [0.2, 0.25) is 5.88 Å². The Labute approximate surface area is 196 Å². The molecule has 0 radical (unpaired) electrons. The standard InChI is InChI=1S/C24H27FN6O3/c25-20-5-6-21-23(31-17(12-32)10-28-21)19(20)11-27-15-3-1-14(2-4-15)26-8-16-9-29-24-22(30-16)7-18(33)13-34-24/h5-6,9-10,14-15,26-27,32H,1-4,7-8,11-13H2. The Balaban J connectivity index is 1.13. The van der Waals surface area contributed by atoms with Crippen molar-refractivity contribution in [1.82, 2.24) is 30.6 Å². The second-order valence-corrected chi connectivity index (χ2v) is 8.84. The minimum Gasteiger partial charge on any atom is -0.468 e. The molecule has 0 atom stereocenters. The fourth-order valence-corrected chi connectivity index (χ4v) is 4.55. The molecular formula is C24H27FN6O3. The summed E-state index contributed by atoms with van der Waals surface area (Å²) in [6.07, 6.45) is 7.39. The lowest BCUT2D eigenvalue weighted by atomic mass is 9.91. The van der Waals surface area contributed by atoms with Crippen molar-refractivity contribution in [1.29, 1.82) is 0 Å². The average molecular weight is 467 g/mol. The first kappa shape index (κ1) is 22.7. The van der Waals surface area contributed by atoms with Crippen LogP contribution in [0.5, 0.6) is 5.88 Å². The molecule has 2 aromatic heterocycles. The van der Waals surface area contributed by atoms with Gasteiger partial charge in [-0.2, -0.15) is 0 Å². The SMILES string of the molecule is O=C1COc2ncc(CNC3CCC(NCc4c(F)ccc5ncc(CO)nc45)CC3)nc2C1. The molecule has 34 heavy (non-hydrogen) atoms. The maximum Gasteiger partial charge on any atom is 0.236 e. The molecular weight excluding hydrogens is 439 g/mol. The number of benzene rings is 1. The molecule has 2 aliphatic rings. The lowest BCUT2D eigenvalue weighted by Crippen LogP contribution is -2.39. The van der Waals surface area contributed by atoms with Crippen molar-refractivity contribution in [2.75, 3.05) is 6.61 Å². The van der Waals surface area contributed by atoms with Gasteiger partial charge in [-0.15, -0.1) is 0 Å². The molecule has 1 fully saturated rings. The van der Waals surface area contributed by atoms with Gasteiger partial charge in [0.05, 0.1) is 47.8 Å². The van der Waals surface area contributed by atoms with Crippen LogP contribution in [0.1, 0.15) is 48.3 Å². The molecule has 3 N–H and O–H groups in total. The van der Waals surface area contributed by atoms with E-state index in [1.165, 1.54) is 12.3 Å². The lowest BCUT2D eigenvalue weighted by Gasteiger charge is -2.30. The summed E-state index contributed by atoms with van der Waals surface area (Å²) in [5.41, 5.74) is 3.42. The highest BCUT2D eigenvalue weighted by molar-refractivity contribution is 5.83. The molecule has 10 heteroatoms. The normalized spacial score (nSPS) is 20.2. The predicted octanol–water partition coefficient (Wildman–Crippen LogP) is 1.75. The molecule has 9 nitrogen and oxygen atoms in total. The van der Waals surface area contributed by atoms with Gasteiger partial charge in [-0.1, -0.05) is 0 Å². The van der Waals surface area contributed by atoms with Crippen LogP contribution < -0.4 is 15.4 Å². The Morgan fingerprint density at radius 3 is 2.50 bits per heavy atom. The van der Waals surface area contributed by atoms with E-state index in [-0.39, 0.29) is 37.3 Å². The number of rotatable bonds is 7. The molecule has 3 heterocycles. The second kappa shape index (κ2) is 10.0. The van der Waals surface area contributed by atoms with Crippen molar-refractivity contribution in [2.45, 2.75) is 63.9 Å². The van der Waals surface area contributed by atoms with Gasteiger partial charge in [-0.25, -0.2) is 19.3 Å². The van der Waals surface area contributed by atoms with Gasteiger partial charge in [0.15, 0.2) is 5.78 Å². The number of ether oxygens (including phenoxy) is 1. The number of carbonyl (C=O) groups excluding carboxylic acids is 1. The van der Waals surface area contributed by atoms with Crippen LogP contribution in [-0.4, -0.2) is 49.5 Å². The van der Waals surface area contributed by atoms with Crippen LogP contribution in [0.4, 0.5) is 4.39 Å². The van der Waals surface area contributed by atoms with E-state index in [0.29, 0.717) is 53.0 Å². The Morgan fingerprint density at radius 2 is 1.74 bits per heavy atom. The van der Waals surface area contributed by atoms with Crippen molar-refractivity contribution >= 4 is 16.8 Å². The smallest absolute Gasteiger partial charge is 0.236 e. The molecule has 0 spiro atoms. The summed E-state index contributed by atoms with van der Waals surface area (Å²) >= 11 is 0. The number of hydrogen-bond acceptors (Lipinski definition) is 9. The number of aliphatic hydroxyl groups is 1. The van der Waals surface area contributed by atoms with Crippen LogP contribution in [-0.2, 0) is 30.9 Å². The molecule has 0 amide bonds. The van der Waals surface area contributed by atoms with E-state index in [2.05, 4.69) is 30.6 Å². The van der Waals surface area contributed by atoms with E-state index < -0.39 is 0 Å². The van der Waals surface area contributed by atoms with Gasteiger partial charge in [0.1, 0.15) is 18.1 Å². The number of aliphatic hydroxyl groups excluding tert-OH is 1. The minimum absolute atomic E-state index is 0.0157. The number of halogens is 1. The van der Waals surface area contributed by atoms with Gasteiger partial charge in [0.25, 0.3) is 0 Å². The molecule has 0 unspecified atom stereocenters. The van der Waals surface area contributed by atoms with Crippen molar-refractivity contribution in [3.8, 4) is 5.88 Å². The first-order chi connectivity index (χ1) is 16.6. The number of nitrogens with zero attached hydrogens (tertiary/aromatic N) is 4. The van der Waals surface area contributed by atoms with Crippen molar-refractivity contribution in [3.05, 3.63) is 53.0 Å². The fraction of sp³-hybridized carbons (Fsp3) is 0.458. The van der Waals surface area contributed by atoms with Crippen molar-refractivity contribution in [3.63, 3.8) is 0 Å². The lowest BCUT2D eigenvalue weighted by molar-refractivity contribution is -0.121. The molecule has 1 aliphatic carbocycles. The van der Waals surface area contributed by atoms with Crippen LogP contribution in [0.25, 0.3) is 11.0 Å². The van der Waals surface area contributed by atoms with Crippen LogP contribution >= 0.6 is 0 Å². The summed E-state index contributed by atoms with van der Waals surface area (Å²) in [7, 11) is 0. The van der Waals surface area contributed by atoms with Crippen molar-refractivity contribution < 1.29 is 19.0 Å². The van der Waals surface area contributed by atoms with Gasteiger partial charge in [0, 0.05) is 30.7 Å². The van der Waals surface area contributed by atoms with Crippen LogP contribution in [0.2, 0.25) is 0 Å². The Hall–Kier alpha value is -3.08. The minimum atomic E-state index is -0.321. The van der Waals surface area contributed by atoms with E-state index in [9.17, 15) is 14.3 Å². The van der Waals surface area contributed by atoms with Gasteiger partial charge >= 0.3 is 0 Å². The molecule has 5 rings (SSSR count). The zero-order chi connectivity index (χ0) is 23.5. The summed E-state index contributed by atoms with van der Waals surface area (Å²) in [5, 5.41) is 16.4. The number of hydrogen-bond donors (Lipinski definition) is 3. The number of fused-ring (bicyclic) bond motifs is 2. The van der Waals surface area contributed by atoms with E-state index in [4.69, 9.17) is 4.74 Å². The molecule has 1 saturated carbocycles. The zero-order valence-corrected chi connectivity index (χ0v) is 18.8. The van der Waals surface area contributed by atoms with Crippen LogP contribution in [0, 0.1) is 5.82 Å². The average Bonchev–Trinajstić information content (AvgIpc) is 2.87. The molecule has 0 bridgehead atoms. The number of Topliss-reactive ketones (excluding diaryl/α,β-unsaturated/α-hetero) is 1. The van der Waals surface area contributed by atoms with Gasteiger partial charge in [-0.3, -0.25) is 9.78 Å². The van der Waals surface area contributed by atoms with Crippen LogP contribution in [0.3, 0.4) is 0 Å². The summed E-state index contributed by atoms with van der Waals surface area (Å²) in [4.78, 5) is 29.0. The summed E-state index contributed by atoms with van der Waals surface area (Å²) in [6.45, 7) is 0.790. The predicted molar refractivity (Wildman–Crippen MR) is 121 cm³/mol. The van der Waals surface area contributed by atoms with E-state index in [1.807, 2.05) is 0 Å². The van der Waals surface area contributed by atoms with E-state index in [1.54, 1.807) is 12.3 Å².